The van der Waals surface area contributed by atoms with Crippen molar-refractivity contribution in [2.45, 2.75) is 26.2 Å². The Labute approximate surface area is 128 Å². The maximum atomic E-state index is 12.4. The highest BCUT2D eigenvalue weighted by atomic mass is 32.1. The number of thiazole rings is 1. The minimum atomic E-state index is -0.128. The van der Waals surface area contributed by atoms with E-state index in [4.69, 9.17) is 4.74 Å². The largest absolute Gasteiger partial charge is 0.383 e. The summed E-state index contributed by atoms with van der Waals surface area (Å²) in [6.45, 7) is 7.62. The van der Waals surface area contributed by atoms with Crippen LogP contribution in [0.15, 0.2) is 6.20 Å². The summed E-state index contributed by atoms with van der Waals surface area (Å²) < 4.78 is 4.97. The molecule has 0 aromatic carbocycles. The Bertz CT molecular complexity index is 536. The number of nitrogens with zero attached hydrogens (tertiary/aromatic N) is 3. The summed E-state index contributed by atoms with van der Waals surface area (Å²) in [5.74, 6) is -0.169. The van der Waals surface area contributed by atoms with Crippen molar-refractivity contribution in [3.05, 3.63) is 16.1 Å². The van der Waals surface area contributed by atoms with Crippen LogP contribution in [0.4, 0.5) is 0 Å². The van der Waals surface area contributed by atoms with Gasteiger partial charge >= 0.3 is 0 Å². The molecule has 21 heavy (non-hydrogen) atoms. The molecule has 2 amide bonds. The predicted molar refractivity (Wildman–Crippen MR) is 80.3 cm³/mol. The van der Waals surface area contributed by atoms with E-state index in [0.29, 0.717) is 24.7 Å². The molecular weight excluding hydrogens is 290 g/mol. The second kappa shape index (κ2) is 6.11. The van der Waals surface area contributed by atoms with Gasteiger partial charge in [-0.2, -0.15) is 0 Å². The summed E-state index contributed by atoms with van der Waals surface area (Å²) in [5.41, 5.74) is -0.0749. The highest BCUT2D eigenvalue weighted by molar-refractivity contribution is 7.13. The highest BCUT2D eigenvalue weighted by Gasteiger charge is 2.32. The highest BCUT2D eigenvalue weighted by Crippen LogP contribution is 2.27. The lowest BCUT2D eigenvalue weighted by atomic mass is 9.98. The molecule has 1 aromatic heterocycles. The lowest BCUT2D eigenvalue weighted by molar-refractivity contribution is -0.127. The molecule has 0 spiro atoms. The fourth-order valence-corrected chi connectivity index (χ4v) is 2.95. The van der Waals surface area contributed by atoms with Crippen LogP contribution in [0.1, 0.15) is 35.5 Å². The fraction of sp³-hybridized carbons (Fsp3) is 0.643. The lowest BCUT2D eigenvalue weighted by Crippen LogP contribution is -2.32. The van der Waals surface area contributed by atoms with Crippen LogP contribution in [0.3, 0.4) is 0 Å². The van der Waals surface area contributed by atoms with E-state index in [0.717, 1.165) is 5.01 Å². The Kier molecular flexibility index (Phi) is 4.63. The quantitative estimate of drug-likeness (QED) is 0.841. The minimum Gasteiger partial charge on any atom is -0.383 e. The van der Waals surface area contributed by atoms with Gasteiger partial charge in [0, 0.05) is 19.1 Å². The molecule has 2 heterocycles. The fourth-order valence-electron chi connectivity index (χ4n) is 2.01. The molecule has 2 rings (SSSR count). The van der Waals surface area contributed by atoms with E-state index >= 15 is 0 Å². The van der Waals surface area contributed by atoms with E-state index in [9.17, 15) is 9.59 Å². The smallest absolute Gasteiger partial charge is 0.267 e. The van der Waals surface area contributed by atoms with Gasteiger partial charge in [0.05, 0.1) is 24.5 Å². The van der Waals surface area contributed by atoms with Gasteiger partial charge in [0.15, 0.2) is 0 Å². The van der Waals surface area contributed by atoms with E-state index in [1.54, 1.807) is 23.1 Å². The van der Waals surface area contributed by atoms with Gasteiger partial charge in [-0.25, -0.2) is 4.98 Å². The molecule has 0 saturated carbocycles. The number of amides is 2. The van der Waals surface area contributed by atoms with Gasteiger partial charge in [-0.05, 0) is 0 Å². The first-order valence-electron chi connectivity index (χ1n) is 6.85. The second-order valence-corrected chi connectivity index (χ2v) is 7.10. The molecule has 1 aliphatic rings. The first kappa shape index (κ1) is 15.9. The third kappa shape index (κ3) is 3.59. The van der Waals surface area contributed by atoms with Gasteiger partial charge in [0.2, 0.25) is 5.91 Å². The van der Waals surface area contributed by atoms with Crippen molar-refractivity contribution in [1.82, 2.24) is 14.8 Å². The molecule has 1 fully saturated rings. The molecule has 0 aliphatic carbocycles. The zero-order valence-corrected chi connectivity index (χ0v) is 13.7. The number of hydrogen-bond acceptors (Lipinski definition) is 5. The van der Waals surface area contributed by atoms with Crippen molar-refractivity contribution in [2.75, 3.05) is 33.5 Å². The van der Waals surface area contributed by atoms with Gasteiger partial charge in [-0.1, -0.05) is 20.8 Å². The third-order valence-corrected chi connectivity index (χ3v) is 4.64. The number of ether oxygens (including phenoxy) is 1. The molecule has 0 radical (unpaired) electrons. The van der Waals surface area contributed by atoms with Gasteiger partial charge in [0.25, 0.3) is 5.91 Å². The van der Waals surface area contributed by atoms with Crippen LogP contribution in [0.5, 0.6) is 0 Å². The SMILES string of the molecule is COCCN1CN(C(=O)c2cnc(C(C)(C)C)s2)CC1=O. The first-order chi connectivity index (χ1) is 9.82. The van der Waals surface area contributed by atoms with Crippen LogP contribution < -0.4 is 0 Å². The van der Waals surface area contributed by atoms with Crippen molar-refractivity contribution in [1.29, 1.82) is 0 Å². The Morgan fingerprint density at radius 2 is 2.19 bits per heavy atom. The standard InChI is InChI=1S/C14H21N3O3S/c1-14(2,3)13-15-7-10(21-13)12(19)17-8-11(18)16(9-17)5-6-20-4/h7H,5-6,8-9H2,1-4H3. The number of methoxy groups -OCH3 is 1. The lowest BCUT2D eigenvalue weighted by Gasteiger charge is -2.17. The Balaban J connectivity index is 2.04. The number of hydrogen-bond donors (Lipinski definition) is 0. The molecule has 7 heteroatoms. The van der Waals surface area contributed by atoms with Crippen LogP contribution in [0, 0.1) is 0 Å². The molecule has 0 bridgehead atoms. The van der Waals surface area contributed by atoms with E-state index < -0.39 is 0 Å². The third-order valence-electron chi connectivity index (χ3n) is 3.23. The Morgan fingerprint density at radius 1 is 1.48 bits per heavy atom. The maximum absolute atomic E-state index is 12.4. The number of rotatable bonds is 4. The Morgan fingerprint density at radius 3 is 2.76 bits per heavy atom. The summed E-state index contributed by atoms with van der Waals surface area (Å²) in [7, 11) is 1.59. The topological polar surface area (TPSA) is 62.7 Å². The molecule has 1 aliphatic heterocycles. The molecule has 1 aromatic rings. The zero-order chi connectivity index (χ0) is 15.6. The molecule has 116 valence electrons. The van der Waals surface area contributed by atoms with E-state index in [1.807, 2.05) is 0 Å². The molecule has 6 nitrogen and oxygen atoms in total. The first-order valence-corrected chi connectivity index (χ1v) is 7.67. The van der Waals surface area contributed by atoms with Crippen LogP contribution in [-0.4, -0.2) is 60.1 Å². The monoisotopic (exact) mass is 311 g/mol. The predicted octanol–water partition coefficient (Wildman–Crippen LogP) is 1.33. The summed E-state index contributed by atoms with van der Waals surface area (Å²) in [4.78, 5) is 32.4. The van der Waals surface area contributed by atoms with Crippen molar-refractivity contribution in [2.24, 2.45) is 0 Å². The van der Waals surface area contributed by atoms with Crippen LogP contribution in [-0.2, 0) is 14.9 Å². The van der Waals surface area contributed by atoms with Crippen LogP contribution in [0.25, 0.3) is 0 Å². The summed E-state index contributed by atoms with van der Waals surface area (Å²) >= 11 is 1.40. The number of aromatic nitrogens is 1. The van der Waals surface area contributed by atoms with Gasteiger partial charge in [-0.15, -0.1) is 11.3 Å². The Hall–Kier alpha value is -1.47. The summed E-state index contributed by atoms with van der Waals surface area (Å²) in [6.07, 6.45) is 1.61. The molecular formula is C14H21N3O3S. The summed E-state index contributed by atoms with van der Waals surface area (Å²) in [5, 5.41) is 0.924. The molecule has 0 unspecified atom stereocenters. The maximum Gasteiger partial charge on any atom is 0.267 e. The average molecular weight is 311 g/mol. The van der Waals surface area contributed by atoms with Crippen molar-refractivity contribution in [3.63, 3.8) is 0 Å². The van der Waals surface area contributed by atoms with Crippen molar-refractivity contribution >= 4 is 23.2 Å². The molecule has 1 saturated heterocycles. The van der Waals surface area contributed by atoms with Crippen LogP contribution in [0.2, 0.25) is 0 Å². The average Bonchev–Trinajstić information content (AvgIpc) is 3.02. The molecule has 0 atom stereocenters. The van der Waals surface area contributed by atoms with E-state index in [-0.39, 0.29) is 23.8 Å². The minimum absolute atomic E-state index is 0.0408. The van der Waals surface area contributed by atoms with E-state index in [2.05, 4.69) is 25.8 Å². The second-order valence-electron chi connectivity index (χ2n) is 6.07. The van der Waals surface area contributed by atoms with Gasteiger partial charge < -0.3 is 14.5 Å². The number of carbonyl (C=O) groups excluding carboxylic acids is 2. The zero-order valence-electron chi connectivity index (χ0n) is 12.9. The van der Waals surface area contributed by atoms with E-state index in [1.165, 1.54) is 11.3 Å². The number of carbonyl (C=O) groups is 2. The van der Waals surface area contributed by atoms with Crippen molar-refractivity contribution < 1.29 is 14.3 Å². The van der Waals surface area contributed by atoms with Crippen LogP contribution >= 0.6 is 11.3 Å². The molecule has 0 N–H and O–H groups in total. The van der Waals surface area contributed by atoms with Gasteiger partial charge in [-0.3, -0.25) is 9.59 Å². The van der Waals surface area contributed by atoms with Crippen molar-refractivity contribution in [3.8, 4) is 0 Å². The van der Waals surface area contributed by atoms with Gasteiger partial charge in [0.1, 0.15) is 11.4 Å². The summed E-state index contributed by atoms with van der Waals surface area (Å²) in [6, 6.07) is 0. The normalized spacial score (nSPS) is 15.9.